The molecule has 1 aliphatic heterocycles. The lowest BCUT2D eigenvalue weighted by molar-refractivity contribution is -0.142. The zero-order chi connectivity index (χ0) is 14.0. The third kappa shape index (κ3) is 2.69. The molecular formula is C12H16N2O5. The van der Waals surface area contributed by atoms with Crippen LogP contribution in [0.25, 0.3) is 0 Å². The Morgan fingerprint density at radius 1 is 1.58 bits per heavy atom. The van der Waals surface area contributed by atoms with Crippen LogP contribution in [0.1, 0.15) is 24.3 Å². The molecule has 1 fully saturated rings. The van der Waals surface area contributed by atoms with Gasteiger partial charge < -0.3 is 19.2 Å². The molecule has 0 unspecified atom stereocenters. The van der Waals surface area contributed by atoms with Crippen molar-refractivity contribution in [2.45, 2.75) is 13.8 Å². The summed E-state index contributed by atoms with van der Waals surface area (Å²) in [5.41, 5.74) is 0.100. The second kappa shape index (κ2) is 5.29. The number of aliphatic carboxylic acids is 1. The van der Waals surface area contributed by atoms with Gasteiger partial charge in [-0.3, -0.25) is 4.79 Å². The van der Waals surface area contributed by atoms with Crippen LogP contribution in [0.15, 0.2) is 10.7 Å². The molecule has 7 heteroatoms. The number of carboxylic acid groups (broad SMARTS) is 1. The highest BCUT2D eigenvalue weighted by atomic mass is 16.5. The minimum Gasteiger partial charge on any atom is -0.481 e. The Labute approximate surface area is 110 Å². The van der Waals surface area contributed by atoms with E-state index in [4.69, 9.17) is 14.3 Å². The molecule has 104 valence electrons. The topological polar surface area (TPSA) is 92.9 Å². The summed E-state index contributed by atoms with van der Waals surface area (Å²) in [6.45, 7) is 4.72. The summed E-state index contributed by atoms with van der Waals surface area (Å²) < 4.78 is 10.0. The van der Waals surface area contributed by atoms with E-state index in [0.29, 0.717) is 13.1 Å². The maximum atomic E-state index is 11.5. The minimum absolute atomic E-state index is 0.00967. The summed E-state index contributed by atoms with van der Waals surface area (Å²) in [7, 11) is 0. The first-order valence-corrected chi connectivity index (χ1v) is 6.13. The summed E-state index contributed by atoms with van der Waals surface area (Å²) in [5, 5.41) is 9.06. The van der Waals surface area contributed by atoms with Crippen LogP contribution in [0.2, 0.25) is 0 Å². The zero-order valence-electron chi connectivity index (χ0n) is 10.8. The van der Waals surface area contributed by atoms with Gasteiger partial charge in [-0.2, -0.15) is 4.98 Å². The average Bonchev–Trinajstić information content (AvgIpc) is 2.95. The molecule has 1 aromatic rings. The lowest BCUT2D eigenvalue weighted by Gasteiger charge is -2.11. The predicted molar refractivity (Wildman–Crippen MR) is 65.0 cm³/mol. The van der Waals surface area contributed by atoms with E-state index in [2.05, 4.69) is 4.98 Å². The highest BCUT2D eigenvalue weighted by molar-refractivity contribution is 5.87. The Hall–Kier alpha value is -2.05. The minimum atomic E-state index is -0.827. The molecule has 2 rings (SSSR count). The highest BCUT2D eigenvalue weighted by Crippen LogP contribution is 2.27. The molecule has 0 radical (unpaired) electrons. The number of rotatable bonds is 4. The van der Waals surface area contributed by atoms with E-state index in [1.807, 2.05) is 6.92 Å². The maximum absolute atomic E-state index is 11.5. The van der Waals surface area contributed by atoms with Crippen LogP contribution in [-0.4, -0.2) is 41.7 Å². The number of carboxylic acids is 1. The number of hydrogen-bond acceptors (Lipinski definition) is 6. The number of oxazole rings is 1. The largest absolute Gasteiger partial charge is 0.481 e. The molecule has 0 saturated carbocycles. The molecule has 2 heterocycles. The van der Waals surface area contributed by atoms with Crippen LogP contribution in [0, 0.1) is 11.8 Å². The molecule has 0 spiro atoms. The molecule has 1 aromatic heterocycles. The van der Waals surface area contributed by atoms with E-state index in [1.54, 1.807) is 11.8 Å². The van der Waals surface area contributed by atoms with Gasteiger partial charge in [-0.1, -0.05) is 6.92 Å². The van der Waals surface area contributed by atoms with Crippen molar-refractivity contribution in [2.75, 3.05) is 24.6 Å². The van der Waals surface area contributed by atoms with Crippen molar-refractivity contribution in [1.82, 2.24) is 4.98 Å². The fraction of sp³-hybridized carbons (Fsp3) is 0.583. The van der Waals surface area contributed by atoms with Gasteiger partial charge in [-0.25, -0.2) is 4.79 Å². The number of carbonyl (C=O) groups is 2. The van der Waals surface area contributed by atoms with E-state index in [1.165, 1.54) is 6.26 Å². The maximum Gasteiger partial charge on any atom is 0.360 e. The van der Waals surface area contributed by atoms with Gasteiger partial charge in [-0.15, -0.1) is 0 Å². The Morgan fingerprint density at radius 3 is 2.89 bits per heavy atom. The third-order valence-electron chi connectivity index (χ3n) is 3.18. The average molecular weight is 268 g/mol. The van der Waals surface area contributed by atoms with E-state index in [0.717, 1.165) is 0 Å². The van der Waals surface area contributed by atoms with E-state index >= 15 is 0 Å². The van der Waals surface area contributed by atoms with Gasteiger partial charge in [-0.05, 0) is 12.8 Å². The lowest BCUT2D eigenvalue weighted by Crippen LogP contribution is -2.23. The molecule has 0 aromatic carbocycles. The molecule has 0 amide bonds. The van der Waals surface area contributed by atoms with Gasteiger partial charge in [0.05, 0.1) is 12.5 Å². The van der Waals surface area contributed by atoms with Crippen molar-refractivity contribution in [1.29, 1.82) is 0 Å². The molecule has 0 bridgehead atoms. The summed E-state index contributed by atoms with van der Waals surface area (Å²) in [5.74, 6) is -1.81. The molecule has 1 aliphatic rings. The third-order valence-corrected chi connectivity index (χ3v) is 3.18. The van der Waals surface area contributed by atoms with Crippen LogP contribution in [0.3, 0.4) is 0 Å². The van der Waals surface area contributed by atoms with Crippen LogP contribution in [0.5, 0.6) is 0 Å². The first-order chi connectivity index (χ1) is 9.02. The second-order valence-corrected chi connectivity index (χ2v) is 4.56. The van der Waals surface area contributed by atoms with Crippen molar-refractivity contribution < 1.29 is 23.8 Å². The fourth-order valence-corrected chi connectivity index (χ4v) is 2.15. The van der Waals surface area contributed by atoms with E-state index in [-0.39, 0.29) is 24.2 Å². The monoisotopic (exact) mass is 268 g/mol. The molecule has 1 saturated heterocycles. The summed E-state index contributed by atoms with van der Waals surface area (Å²) >= 11 is 0. The Morgan fingerprint density at radius 2 is 2.32 bits per heavy atom. The number of ether oxygens (including phenoxy) is 1. The normalized spacial score (nSPS) is 22.5. The van der Waals surface area contributed by atoms with Gasteiger partial charge in [0.2, 0.25) is 0 Å². The molecule has 7 nitrogen and oxygen atoms in total. The number of carbonyl (C=O) groups excluding carboxylic acids is 1. The van der Waals surface area contributed by atoms with Gasteiger partial charge in [0.1, 0.15) is 6.26 Å². The number of aromatic nitrogens is 1. The summed E-state index contributed by atoms with van der Waals surface area (Å²) in [4.78, 5) is 28.2. The molecule has 0 aliphatic carbocycles. The SMILES string of the molecule is CCOC(=O)c1coc(N2C[C@@H](C)[C@H](C(=O)O)C2)n1. The van der Waals surface area contributed by atoms with E-state index < -0.39 is 17.9 Å². The van der Waals surface area contributed by atoms with Crippen molar-refractivity contribution in [3.05, 3.63) is 12.0 Å². The quantitative estimate of drug-likeness (QED) is 0.814. The zero-order valence-corrected chi connectivity index (χ0v) is 10.8. The van der Waals surface area contributed by atoms with E-state index in [9.17, 15) is 9.59 Å². The number of hydrogen-bond donors (Lipinski definition) is 1. The van der Waals surface area contributed by atoms with Crippen LogP contribution in [-0.2, 0) is 9.53 Å². The summed E-state index contributed by atoms with van der Waals surface area (Å²) in [6.07, 6.45) is 1.23. The van der Waals surface area contributed by atoms with Gasteiger partial charge >= 0.3 is 11.9 Å². The fourth-order valence-electron chi connectivity index (χ4n) is 2.15. The lowest BCUT2D eigenvalue weighted by atomic mass is 9.99. The first-order valence-electron chi connectivity index (χ1n) is 6.13. The van der Waals surface area contributed by atoms with Crippen LogP contribution < -0.4 is 4.90 Å². The van der Waals surface area contributed by atoms with Crippen molar-refractivity contribution in [3.8, 4) is 0 Å². The molecule has 19 heavy (non-hydrogen) atoms. The Kier molecular flexibility index (Phi) is 3.73. The summed E-state index contributed by atoms with van der Waals surface area (Å²) in [6, 6.07) is 0.263. The Balaban J connectivity index is 2.08. The predicted octanol–water partition coefficient (Wildman–Crippen LogP) is 1.01. The number of nitrogens with zero attached hydrogens (tertiary/aromatic N) is 2. The highest BCUT2D eigenvalue weighted by Gasteiger charge is 2.36. The van der Waals surface area contributed by atoms with Gasteiger partial charge in [0, 0.05) is 13.1 Å². The molecule has 2 atom stereocenters. The molecular weight excluding hydrogens is 252 g/mol. The number of esters is 1. The second-order valence-electron chi connectivity index (χ2n) is 4.56. The van der Waals surface area contributed by atoms with Crippen molar-refractivity contribution >= 4 is 18.0 Å². The van der Waals surface area contributed by atoms with Gasteiger partial charge in [0.25, 0.3) is 6.01 Å². The number of anilines is 1. The smallest absolute Gasteiger partial charge is 0.360 e. The van der Waals surface area contributed by atoms with Crippen LogP contribution in [0.4, 0.5) is 6.01 Å². The standard InChI is InChI=1S/C12H16N2O5/c1-3-18-11(17)9-6-19-12(13-9)14-4-7(2)8(5-14)10(15)16/h6-8H,3-5H2,1-2H3,(H,15,16)/t7-,8-/m1/s1. The van der Waals surface area contributed by atoms with Crippen molar-refractivity contribution in [3.63, 3.8) is 0 Å². The Bertz CT molecular complexity index is 484. The van der Waals surface area contributed by atoms with Gasteiger partial charge in [0.15, 0.2) is 5.69 Å². The molecule has 1 N–H and O–H groups in total. The van der Waals surface area contributed by atoms with Crippen LogP contribution >= 0.6 is 0 Å². The first kappa shape index (κ1) is 13.4. The van der Waals surface area contributed by atoms with Crippen molar-refractivity contribution in [2.24, 2.45) is 11.8 Å².